The van der Waals surface area contributed by atoms with Crippen molar-refractivity contribution in [2.24, 2.45) is 29.1 Å². The molecule has 2 aliphatic rings. The van der Waals surface area contributed by atoms with E-state index in [-0.39, 0.29) is 30.2 Å². The molecule has 5 N–H and O–H groups in total. The number of amidine groups is 1. The van der Waals surface area contributed by atoms with E-state index in [1.54, 1.807) is 23.2 Å². The predicted molar refractivity (Wildman–Crippen MR) is 180 cm³/mol. The van der Waals surface area contributed by atoms with Crippen molar-refractivity contribution in [2.75, 3.05) is 24.6 Å². The second-order valence-electron chi connectivity index (χ2n) is 13.4. The van der Waals surface area contributed by atoms with Crippen LogP contribution in [0.15, 0.2) is 71.8 Å². The summed E-state index contributed by atoms with van der Waals surface area (Å²) in [6.07, 6.45) is 10.1. The minimum Gasteiger partial charge on any atom is -0.484 e. The molecule has 1 aliphatic heterocycles. The quantitative estimate of drug-likeness (QED) is 0.169. The van der Waals surface area contributed by atoms with Gasteiger partial charge in [-0.15, -0.1) is 10.2 Å². The molecule has 13 heteroatoms. The molecule has 1 saturated heterocycles. The number of urea groups is 1. The molecule has 0 saturated carbocycles. The van der Waals surface area contributed by atoms with Gasteiger partial charge in [-0.05, 0) is 54.9 Å². The summed E-state index contributed by atoms with van der Waals surface area (Å²) in [4.78, 5) is 20.2. The molecule has 0 spiro atoms. The smallest absolute Gasteiger partial charge is 0.320 e. The summed E-state index contributed by atoms with van der Waals surface area (Å²) in [6.45, 7) is 7.89. The summed E-state index contributed by atoms with van der Waals surface area (Å²) >= 11 is 0. The maximum absolute atomic E-state index is 13.4. The van der Waals surface area contributed by atoms with Crippen LogP contribution in [0.3, 0.4) is 0 Å². The maximum Gasteiger partial charge on any atom is 0.320 e. The number of fused-ring (bicyclic) bond motifs is 2. The number of pyridine rings is 1. The number of aryl methyl sites for hydroxylation is 1. The first kappa shape index (κ1) is 32.0. The van der Waals surface area contributed by atoms with Crippen molar-refractivity contribution in [3.63, 3.8) is 0 Å². The third kappa shape index (κ3) is 7.40. The number of hydrogen-bond acceptors (Lipinski definition) is 9. The fourth-order valence-corrected chi connectivity index (χ4v) is 6.02. The van der Waals surface area contributed by atoms with Crippen LogP contribution in [0, 0.1) is 11.3 Å². The summed E-state index contributed by atoms with van der Waals surface area (Å²) in [5.41, 5.74) is 10.0. The van der Waals surface area contributed by atoms with Gasteiger partial charge >= 0.3 is 6.03 Å². The standard InChI is InChI=1S/C34H44N10O3/c1-34(2,3)29(35)17-30(37-23-18-36-42(4)19-23)39-32(46)38-27-10-11-28(26-8-6-5-7-25(26)27)47-24-9-12-31-40-41-33(44(31)20-24)43-15-13-22(21-45)14-16-43/h5-9,12,17-20,22,27-28,45H,10-11,13-16,21,35H2,1-4H3,(H2,37,38,39,46)/t27-,28+/m0/s1. The van der Waals surface area contributed by atoms with Gasteiger partial charge in [-0.2, -0.15) is 5.10 Å². The Morgan fingerprint density at radius 3 is 2.55 bits per heavy atom. The van der Waals surface area contributed by atoms with Gasteiger partial charge < -0.3 is 25.8 Å². The van der Waals surface area contributed by atoms with Crippen LogP contribution < -0.4 is 26.0 Å². The molecule has 0 radical (unpaired) electrons. The lowest BCUT2D eigenvalue weighted by atomic mass is 9.85. The molecule has 0 unspecified atom stereocenters. The van der Waals surface area contributed by atoms with E-state index in [0.29, 0.717) is 41.7 Å². The highest BCUT2D eigenvalue weighted by molar-refractivity contribution is 6.05. The van der Waals surface area contributed by atoms with E-state index in [0.717, 1.165) is 48.7 Å². The topological polar surface area (TPSA) is 160 Å². The highest BCUT2D eigenvalue weighted by atomic mass is 16.5. The minimum absolute atomic E-state index is 0.192. The molecule has 3 aromatic heterocycles. The number of aromatic nitrogens is 5. The number of nitrogens with two attached hydrogens (primary N) is 1. The average molecular weight is 641 g/mol. The van der Waals surface area contributed by atoms with Crippen molar-refractivity contribution in [1.29, 1.82) is 0 Å². The first-order valence-electron chi connectivity index (χ1n) is 16.2. The number of allylic oxidation sites excluding steroid dienone is 1. The first-order valence-corrected chi connectivity index (χ1v) is 16.2. The lowest BCUT2D eigenvalue weighted by Gasteiger charge is -2.32. The van der Waals surface area contributed by atoms with Gasteiger partial charge in [0.1, 0.15) is 23.4 Å². The summed E-state index contributed by atoms with van der Waals surface area (Å²) in [7, 11) is 1.81. The van der Waals surface area contributed by atoms with Gasteiger partial charge in [0.2, 0.25) is 5.95 Å². The van der Waals surface area contributed by atoms with Crippen molar-refractivity contribution in [2.45, 2.75) is 58.6 Å². The Balaban J connectivity index is 1.17. The second kappa shape index (κ2) is 13.4. The zero-order chi connectivity index (χ0) is 33.1. The van der Waals surface area contributed by atoms with Gasteiger partial charge in [0.05, 0.1) is 24.6 Å². The number of benzene rings is 1. The number of nitrogens with one attached hydrogen (secondary N) is 2. The van der Waals surface area contributed by atoms with Gasteiger partial charge in [0, 0.05) is 43.9 Å². The Morgan fingerprint density at radius 2 is 1.85 bits per heavy atom. The van der Waals surface area contributed by atoms with Gasteiger partial charge in [-0.25, -0.2) is 9.79 Å². The van der Waals surface area contributed by atoms with E-state index in [9.17, 15) is 9.90 Å². The Hall–Kier alpha value is -4.91. The summed E-state index contributed by atoms with van der Waals surface area (Å²) in [5.74, 6) is 2.17. The molecule has 0 bridgehead atoms. The number of hydrogen-bond donors (Lipinski definition) is 4. The number of anilines is 1. The summed E-state index contributed by atoms with van der Waals surface area (Å²) < 4.78 is 10.2. The van der Waals surface area contributed by atoms with E-state index in [1.165, 1.54) is 0 Å². The van der Waals surface area contributed by atoms with E-state index in [4.69, 9.17) is 10.5 Å². The highest BCUT2D eigenvalue weighted by Crippen LogP contribution is 2.39. The number of nitrogens with zero attached hydrogens (tertiary/aromatic N) is 7. The molecule has 248 valence electrons. The van der Waals surface area contributed by atoms with Crippen LogP contribution in [0.2, 0.25) is 0 Å². The number of aliphatic hydroxyl groups is 1. The lowest BCUT2D eigenvalue weighted by molar-refractivity contribution is 0.171. The largest absolute Gasteiger partial charge is 0.484 e. The van der Waals surface area contributed by atoms with Crippen LogP contribution in [-0.4, -0.2) is 61.0 Å². The number of piperidine rings is 1. The number of ether oxygens (including phenoxy) is 1. The fraction of sp³-hybridized carbons (Fsp3) is 0.441. The molecule has 4 aromatic rings. The Morgan fingerprint density at radius 1 is 1.09 bits per heavy atom. The fourth-order valence-electron chi connectivity index (χ4n) is 6.02. The Kier molecular flexibility index (Phi) is 9.17. The lowest BCUT2D eigenvalue weighted by Crippen LogP contribution is -2.42. The molecule has 1 aromatic carbocycles. The zero-order valence-electron chi connectivity index (χ0n) is 27.4. The van der Waals surface area contributed by atoms with Crippen LogP contribution in [-0.2, 0) is 7.05 Å². The first-order chi connectivity index (χ1) is 22.6. The van der Waals surface area contributed by atoms with Crippen molar-refractivity contribution in [3.05, 3.63) is 77.9 Å². The second-order valence-corrected chi connectivity index (χ2v) is 13.4. The molecule has 1 fully saturated rings. The number of aliphatic imine (C=N–C) groups is 1. The van der Waals surface area contributed by atoms with Crippen LogP contribution in [0.25, 0.3) is 5.65 Å². The van der Waals surface area contributed by atoms with Crippen molar-refractivity contribution in [3.8, 4) is 5.75 Å². The van der Waals surface area contributed by atoms with Gasteiger partial charge in [0.15, 0.2) is 5.65 Å². The molecule has 1 aliphatic carbocycles. The number of amides is 2. The maximum atomic E-state index is 13.4. The van der Waals surface area contributed by atoms with E-state index >= 15 is 0 Å². The zero-order valence-corrected chi connectivity index (χ0v) is 27.4. The molecule has 6 rings (SSSR count). The monoisotopic (exact) mass is 640 g/mol. The van der Waals surface area contributed by atoms with Gasteiger partial charge in [-0.3, -0.25) is 14.4 Å². The minimum atomic E-state index is -0.376. The van der Waals surface area contributed by atoms with Crippen LogP contribution >= 0.6 is 0 Å². The summed E-state index contributed by atoms with van der Waals surface area (Å²) in [6, 6.07) is 11.3. The van der Waals surface area contributed by atoms with Gasteiger partial charge in [-0.1, -0.05) is 45.0 Å². The summed E-state index contributed by atoms with van der Waals surface area (Å²) in [5, 5.41) is 28.6. The van der Waals surface area contributed by atoms with Crippen LogP contribution in [0.4, 0.5) is 16.4 Å². The van der Waals surface area contributed by atoms with Gasteiger partial charge in [0.25, 0.3) is 0 Å². The molecule has 4 heterocycles. The van der Waals surface area contributed by atoms with Crippen molar-refractivity contribution in [1.82, 2.24) is 35.0 Å². The van der Waals surface area contributed by atoms with E-state index in [2.05, 4.69) is 41.9 Å². The average Bonchev–Trinajstić information content (AvgIpc) is 3.67. The third-order valence-electron chi connectivity index (χ3n) is 8.87. The third-order valence-corrected chi connectivity index (χ3v) is 8.87. The molecule has 47 heavy (non-hydrogen) atoms. The van der Waals surface area contributed by atoms with Crippen molar-refractivity contribution >= 4 is 29.1 Å². The van der Waals surface area contributed by atoms with Crippen LogP contribution in [0.5, 0.6) is 5.75 Å². The number of carbonyl (C=O) groups excluding carboxylic acids is 1. The Bertz CT molecular complexity index is 1780. The number of rotatable bonds is 7. The normalized spacial score (nSPS) is 19.5. The molecular formula is C34H44N10O3. The SMILES string of the molecule is Cn1cc(N=C(C=C(N)C(C)(C)C)NC(=O)N[C@H]2CC[C@@H](Oc3ccc4nnc(N5CCC(CO)CC5)n4c3)c3ccccc32)cn1. The highest BCUT2D eigenvalue weighted by Gasteiger charge is 2.30. The molecule has 2 atom stereocenters. The van der Waals surface area contributed by atoms with Crippen LogP contribution in [0.1, 0.15) is 69.7 Å². The van der Waals surface area contributed by atoms with E-state index in [1.807, 2.05) is 68.7 Å². The Labute approximate surface area is 274 Å². The predicted octanol–water partition coefficient (Wildman–Crippen LogP) is 4.54. The molecule has 13 nitrogen and oxygen atoms in total. The molecule has 2 amide bonds. The molecular weight excluding hydrogens is 596 g/mol. The van der Waals surface area contributed by atoms with E-state index < -0.39 is 0 Å². The van der Waals surface area contributed by atoms with Crippen molar-refractivity contribution < 1.29 is 14.6 Å². The number of aliphatic hydroxyl groups excluding tert-OH is 1. The number of carbonyl (C=O) groups is 1.